The molecule has 1 aliphatic rings. The number of hydrogen-bond acceptors (Lipinski definition) is 2. The fraction of sp³-hybridized carbons (Fsp3) is 0.538. The predicted molar refractivity (Wildman–Crippen MR) is 71.7 cm³/mol. The van der Waals surface area contributed by atoms with Crippen LogP contribution in [0, 0.1) is 5.92 Å². The van der Waals surface area contributed by atoms with Gasteiger partial charge in [0, 0.05) is 19.7 Å². The highest BCUT2D eigenvalue weighted by Crippen LogP contribution is 2.25. The molecule has 1 aliphatic heterocycles. The minimum atomic E-state index is 0.618. The van der Waals surface area contributed by atoms with E-state index in [-0.39, 0.29) is 0 Å². The van der Waals surface area contributed by atoms with Gasteiger partial charge in [-0.2, -0.15) is 0 Å². The van der Waals surface area contributed by atoms with Gasteiger partial charge in [-0.1, -0.05) is 35.3 Å². The lowest BCUT2D eigenvalue weighted by Gasteiger charge is -2.22. The van der Waals surface area contributed by atoms with Crippen molar-refractivity contribution in [1.29, 1.82) is 0 Å². The van der Waals surface area contributed by atoms with Crippen LogP contribution in [0.5, 0.6) is 0 Å². The van der Waals surface area contributed by atoms with Crippen molar-refractivity contribution >= 4 is 23.2 Å². The van der Waals surface area contributed by atoms with Gasteiger partial charge in [-0.25, -0.2) is 0 Å². The van der Waals surface area contributed by atoms with Crippen molar-refractivity contribution in [1.82, 2.24) is 5.32 Å². The minimum absolute atomic E-state index is 0.618. The summed E-state index contributed by atoms with van der Waals surface area (Å²) in [5, 5.41) is 4.69. The van der Waals surface area contributed by atoms with Crippen LogP contribution in [0.2, 0.25) is 10.0 Å². The van der Waals surface area contributed by atoms with Gasteiger partial charge in [0.05, 0.1) is 16.7 Å². The smallest absolute Gasteiger partial charge is 0.0637 e. The molecule has 0 aliphatic carbocycles. The average molecular weight is 274 g/mol. The number of rotatable bonds is 4. The second kappa shape index (κ2) is 6.60. The molecule has 17 heavy (non-hydrogen) atoms. The van der Waals surface area contributed by atoms with Gasteiger partial charge in [0.15, 0.2) is 0 Å². The number of ether oxygens (including phenoxy) is 1. The Morgan fingerprint density at radius 2 is 2.24 bits per heavy atom. The first kappa shape index (κ1) is 13.2. The standard InChI is InChI=1S/C13H17Cl2NO/c14-12-5-1-4-11(13(12)15)8-16-7-10-3-2-6-17-9-10/h1,4-5,10,16H,2-3,6-9H2. The van der Waals surface area contributed by atoms with Crippen LogP contribution >= 0.6 is 23.2 Å². The molecular formula is C13H17Cl2NO. The molecule has 1 N–H and O–H groups in total. The fourth-order valence-corrected chi connectivity index (χ4v) is 2.45. The first-order chi connectivity index (χ1) is 8.27. The van der Waals surface area contributed by atoms with Crippen molar-refractivity contribution in [2.45, 2.75) is 19.4 Å². The van der Waals surface area contributed by atoms with Gasteiger partial charge >= 0.3 is 0 Å². The van der Waals surface area contributed by atoms with Crippen molar-refractivity contribution in [3.8, 4) is 0 Å². The SMILES string of the molecule is Clc1cccc(CNCC2CCCOC2)c1Cl. The van der Waals surface area contributed by atoms with E-state index in [9.17, 15) is 0 Å². The molecule has 1 aromatic rings. The van der Waals surface area contributed by atoms with Crippen molar-refractivity contribution < 1.29 is 4.74 Å². The Kier molecular flexibility index (Phi) is 5.11. The lowest BCUT2D eigenvalue weighted by atomic mass is 10.0. The van der Waals surface area contributed by atoms with Crippen LogP contribution in [-0.4, -0.2) is 19.8 Å². The maximum Gasteiger partial charge on any atom is 0.0637 e. The van der Waals surface area contributed by atoms with E-state index in [1.54, 1.807) is 0 Å². The highest BCUT2D eigenvalue weighted by atomic mass is 35.5. The molecule has 0 aromatic heterocycles. The molecule has 1 unspecified atom stereocenters. The fourth-order valence-electron chi connectivity index (χ4n) is 2.06. The largest absolute Gasteiger partial charge is 0.381 e. The Morgan fingerprint density at radius 3 is 3.00 bits per heavy atom. The van der Waals surface area contributed by atoms with E-state index < -0.39 is 0 Å². The van der Waals surface area contributed by atoms with Crippen molar-refractivity contribution in [3.63, 3.8) is 0 Å². The number of halogens is 2. The normalized spacial score (nSPS) is 20.5. The van der Waals surface area contributed by atoms with Crippen LogP contribution in [0.4, 0.5) is 0 Å². The van der Waals surface area contributed by atoms with E-state index in [4.69, 9.17) is 27.9 Å². The first-order valence-corrected chi connectivity index (χ1v) is 6.74. The van der Waals surface area contributed by atoms with Crippen LogP contribution < -0.4 is 5.32 Å². The Hall–Kier alpha value is -0.280. The second-order valence-electron chi connectivity index (χ2n) is 4.43. The van der Waals surface area contributed by atoms with E-state index in [2.05, 4.69) is 5.32 Å². The summed E-state index contributed by atoms with van der Waals surface area (Å²) in [7, 11) is 0. The molecule has 1 aromatic carbocycles. The third kappa shape index (κ3) is 3.85. The average Bonchev–Trinajstić information content (AvgIpc) is 2.36. The highest BCUT2D eigenvalue weighted by Gasteiger charge is 2.13. The summed E-state index contributed by atoms with van der Waals surface area (Å²) in [5.41, 5.74) is 1.05. The molecule has 0 bridgehead atoms. The predicted octanol–water partition coefficient (Wildman–Crippen LogP) is 3.51. The summed E-state index contributed by atoms with van der Waals surface area (Å²) in [6, 6.07) is 5.73. The maximum atomic E-state index is 6.12. The molecule has 1 heterocycles. The summed E-state index contributed by atoms with van der Waals surface area (Å²) < 4.78 is 5.44. The zero-order valence-electron chi connectivity index (χ0n) is 9.72. The van der Waals surface area contributed by atoms with Crippen molar-refractivity contribution in [3.05, 3.63) is 33.8 Å². The lowest BCUT2D eigenvalue weighted by Crippen LogP contribution is -2.28. The maximum absolute atomic E-state index is 6.12. The van der Waals surface area contributed by atoms with Crippen LogP contribution in [0.15, 0.2) is 18.2 Å². The molecule has 1 atom stereocenters. The summed E-state index contributed by atoms with van der Waals surface area (Å²) in [6.45, 7) is 3.52. The summed E-state index contributed by atoms with van der Waals surface area (Å²) in [6.07, 6.45) is 2.42. The zero-order chi connectivity index (χ0) is 12.1. The van der Waals surface area contributed by atoms with Gasteiger partial charge in [-0.15, -0.1) is 0 Å². The first-order valence-electron chi connectivity index (χ1n) is 5.98. The van der Waals surface area contributed by atoms with E-state index >= 15 is 0 Å². The number of nitrogens with one attached hydrogen (secondary N) is 1. The van der Waals surface area contributed by atoms with Gasteiger partial charge < -0.3 is 10.1 Å². The lowest BCUT2D eigenvalue weighted by molar-refractivity contribution is 0.0547. The molecule has 1 saturated heterocycles. The van der Waals surface area contributed by atoms with Crippen LogP contribution in [-0.2, 0) is 11.3 Å². The van der Waals surface area contributed by atoms with Gasteiger partial charge in [0.25, 0.3) is 0 Å². The Labute approximate surface area is 112 Å². The third-order valence-electron chi connectivity index (χ3n) is 3.03. The van der Waals surface area contributed by atoms with E-state index in [1.165, 1.54) is 12.8 Å². The van der Waals surface area contributed by atoms with Crippen LogP contribution in [0.3, 0.4) is 0 Å². The Morgan fingerprint density at radius 1 is 1.35 bits per heavy atom. The van der Waals surface area contributed by atoms with Crippen molar-refractivity contribution in [2.24, 2.45) is 5.92 Å². The van der Waals surface area contributed by atoms with E-state index in [0.29, 0.717) is 16.0 Å². The Bertz CT molecular complexity index is 364. The third-order valence-corrected chi connectivity index (χ3v) is 3.89. The highest BCUT2D eigenvalue weighted by molar-refractivity contribution is 6.42. The van der Waals surface area contributed by atoms with E-state index in [0.717, 1.165) is 31.9 Å². The zero-order valence-corrected chi connectivity index (χ0v) is 11.2. The van der Waals surface area contributed by atoms with Gasteiger partial charge in [-0.05, 0) is 30.4 Å². The molecule has 0 amide bonds. The molecule has 0 saturated carbocycles. The monoisotopic (exact) mass is 273 g/mol. The number of benzene rings is 1. The minimum Gasteiger partial charge on any atom is -0.381 e. The summed E-state index contributed by atoms with van der Waals surface area (Å²) >= 11 is 12.1. The molecule has 2 rings (SSSR count). The molecule has 4 heteroatoms. The molecule has 0 radical (unpaired) electrons. The Balaban J connectivity index is 1.79. The molecular weight excluding hydrogens is 257 g/mol. The summed E-state index contributed by atoms with van der Waals surface area (Å²) in [5.74, 6) is 0.627. The van der Waals surface area contributed by atoms with Gasteiger partial charge in [0.2, 0.25) is 0 Å². The van der Waals surface area contributed by atoms with Crippen LogP contribution in [0.25, 0.3) is 0 Å². The molecule has 0 spiro atoms. The molecule has 2 nitrogen and oxygen atoms in total. The van der Waals surface area contributed by atoms with Crippen LogP contribution in [0.1, 0.15) is 18.4 Å². The topological polar surface area (TPSA) is 21.3 Å². The summed E-state index contributed by atoms with van der Waals surface area (Å²) in [4.78, 5) is 0. The van der Waals surface area contributed by atoms with Gasteiger partial charge in [0.1, 0.15) is 0 Å². The molecule has 1 fully saturated rings. The number of hydrogen-bond donors (Lipinski definition) is 1. The van der Waals surface area contributed by atoms with Gasteiger partial charge in [-0.3, -0.25) is 0 Å². The van der Waals surface area contributed by atoms with E-state index in [1.807, 2.05) is 18.2 Å². The molecule has 94 valence electrons. The van der Waals surface area contributed by atoms with Crippen molar-refractivity contribution in [2.75, 3.05) is 19.8 Å². The second-order valence-corrected chi connectivity index (χ2v) is 5.21. The quantitative estimate of drug-likeness (QED) is 0.907.